The zero-order valence-corrected chi connectivity index (χ0v) is 10.2. The topological polar surface area (TPSA) is 68.4 Å². The highest BCUT2D eigenvalue weighted by molar-refractivity contribution is 9.10. The van der Waals surface area contributed by atoms with Crippen molar-refractivity contribution >= 4 is 27.4 Å². The highest BCUT2D eigenvalue weighted by Gasteiger charge is 2.26. The lowest BCUT2D eigenvalue weighted by Crippen LogP contribution is -2.36. The maximum Gasteiger partial charge on any atom is 0.311 e. The molecule has 0 spiro atoms. The van der Waals surface area contributed by atoms with E-state index in [0.29, 0.717) is 12.4 Å². The van der Waals surface area contributed by atoms with Gasteiger partial charge in [0, 0.05) is 26.2 Å². The molecule has 1 aliphatic heterocycles. The SMILES string of the molecule is CN1CCCn2c1c([N+](=O)[O-])cc(Br)c2=O. The Labute approximate surface area is 99.8 Å². The molecule has 0 saturated carbocycles. The van der Waals surface area contributed by atoms with Crippen LogP contribution < -0.4 is 10.5 Å². The molecule has 0 aliphatic carbocycles. The van der Waals surface area contributed by atoms with Gasteiger partial charge in [0.25, 0.3) is 5.56 Å². The molecule has 86 valence electrons. The van der Waals surface area contributed by atoms with E-state index in [0.717, 1.165) is 13.0 Å². The Morgan fingerprint density at radius 2 is 2.19 bits per heavy atom. The Kier molecular flexibility index (Phi) is 2.71. The van der Waals surface area contributed by atoms with Crippen LogP contribution in [0.3, 0.4) is 0 Å². The van der Waals surface area contributed by atoms with Gasteiger partial charge in [-0.3, -0.25) is 19.5 Å². The Hall–Kier alpha value is -1.37. The Bertz CT molecular complexity index is 511. The number of nitro groups is 1. The molecule has 0 fully saturated rings. The number of hydrogen-bond donors (Lipinski definition) is 0. The molecule has 0 amide bonds. The number of hydrogen-bond acceptors (Lipinski definition) is 4. The van der Waals surface area contributed by atoms with Gasteiger partial charge in [-0.1, -0.05) is 0 Å². The van der Waals surface area contributed by atoms with E-state index in [1.54, 1.807) is 11.9 Å². The molecule has 0 N–H and O–H groups in total. The molecule has 0 bridgehead atoms. The third-order valence-corrected chi connectivity index (χ3v) is 3.20. The normalized spacial score (nSPS) is 14.8. The van der Waals surface area contributed by atoms with Crippen LogP contribution in [-0.4, -0.2) is 23.1 Å². The van der Waals surface area contributed by atoms with Gasteiger partial charge < -0.3 is 4.90 Å². The van der Waals surface area contributed by atoms with Crippen LogP contribution in [0.2, 0.25) is 0 Å². The minimum atomic E-state index is -0.460. The summed E-state index contributed by atoms with van der Waals surface area (Å²) in [5.41, 5.74) is -0.249. The summed E-state index contributed by atoms with van der Waals surface area (Å²) < 4.78 is 1.68. The van der Waals surface area contributed by atoms with Crippen molar-refractivity contribution in [2.75, 3.05) is 18.5 Å². The molecule has 0 radical (unpaired) electrons. The molecular formula is C9H10BrN3O3. The maximum atomic E-state index is 11.8. The van der Waals surface area contributed by atoms with Gasteiger partial charge >= 0.3 is 5.69 Å². The molecule has 0 atom stereocenters. The first kappa shape index (κ1) is 11.1. The lowest BCUT2D eigenvalue weighted by molar-refractivity contribution is -0.384. The lowest BCUT2D eigenvalue weighted by Gasteiger charge is -2.27. The van der Waals surface area contributed by atoms with Crippen LogP contribution in [0.5, 0.6) is 0 Å². The second-order valence-corrected chi connectivity index (χ2v) is 4.54. The van der Waals surface area contributed by atoms with Crippen molar-refractivity contribution < 1.29 is 4.92 Å². The van der Waals surface area contributed by atoms with Crippen molar-refractivity contribution in [3.05, 3.63) is 31.0 Å². The summed E-state index contributed by atoms with van der Waals surface area (Å²) in [6.07, 6.45) is 0.816. The van der Waals surface area contributed by atoms with Gasteiger partial charge in [0.05, 0.1) is 9.40 Å². The number of anilines is 1. The summed E-state index contributed by atoms with van der Waals surface area (Å²) in [6.45, 7) is 1.25. The molecule has 0 unspecified atom stereocenters. The van der Waals surface area contributed by atoms with Gasteiger partial charge in [-0.05, 0) is 22.4 Å². The molecule has 7 heteroatoms. The predicted molar refractivity (Wildman–Crippen MR) is 62.9 cm³/mol. The highest BCUT2D eigenvalue weighted by atomic mass is 79.9. The van der Waals surface area contributed by atoms with Crippen molar-refractivity contribution in [1.29, 1.82) is 0 Å². The van der Waals surface area contributed by atoms with Crippen LogP contribution in [0.4, 0.5) is 11.5 Å². The van der Waals surface area contributed by atoms with Crippen LogP contribution in [0.15, 0.2) is 15.3 Å². The summed E-state index contributed by atoms with van der Waals surface area (Å²) in [5.74, 6) is 0.393. The smallest absolute Gasteiger partial charge is 0.311 e. The standard InChI is InChI=1S/C9H10BrN3O3/c1-11-3-2-4-12-8(11)7(13(15)16)5-6(10)9(12)14/h5H,2-4H2,1H3. The second-order valence-electron chi connectivity index (χ2n) is 3.69. The fraction of sp³-hybridized carbons (Fsp3) is 0.444. The molecular weight excluding hydrogens is 278 g/mol. The molecule has 0 aromatic carbocycles. The van der Waals surface area contributed by atoms with E-state index >= 15 is 0 Å². The average Bonchev–Trinajstić information content (AvgIpc) is 2.23. The van der Waals surface area contributed by atoms with Crippen molar-refractivity contribution in [2.45, 2.75) is 13.0 Å². The number of rotatable bonds is 1. The summed E-state index contributed by atoms with van der Waals surface area (Å²) in [5, 5.41) is 10.9. The molecule has 1 aliphatic rings. The number of nitrogens with zero attached hydrogens (tertiary/aromatic N) is 3. The summed E-state index contributed by atoms with van der Waals surface area (Å²) in [4.78, 5) is 24.0. The van der Waals surface area contributed by atoms with Gasteiger partial charge in [0.1, 0.15) is 0 Å². The van der Waals surface area contributed by atoms with Gasteiger partial charge in [0.15, 0.2) is 5.82 Å². The summed E-state index contributed by atoms with van der Waals surface area (Å²) in [6, 6.07) is 1.27. The Morgan fingerprint density at radius 3 is 2.81 bits per heavy atom. The molecule has 16 heavy (non-hydrogen) atoms. The second kappa shape index (κ2) is 3.89. The summed E-state index contributed by atoms with van der Waals surface area (Å²) >= 11 is 3.06. The van der Waals surface area contributed by atoms with Crippen LogP contribution in [0.25, 0.3) is 0 Å². The molecule has 1 aromatic heterocycles. The largest absolute Gasteiger partial charge is 0.355 e. The maximum absolute atomic E-state index is 11.8. The van der Waals surface area contributed by atoms with E-state index in [-0.39, 0.29) is 15.7 Å². The van der Waals surface area contributed by atoms with Crippen LogP contribution >= 0.6 is 15.9 Å². The van der Waals surface area contributed by atoms with E-state index in [9.17, 15) is 14.9 Å². The fourth-order valence-electron chi connectivity index (χ4n) is 1.93. The van der Waals surface area contributed by atoms with Crippen LogP contribution in [0.1, 0.15) is 6.42 Å². The minimum Gasteiger partial charge on any atom is -0.355 e. The monoisotopic (exact) mass is 287 g/mol. The highest BCUT2D eigenvalue weighted by Crippen LogP contribution is 2.30. The molecule has 6 nitrogen and oxygen atoms in total. The fourth-order valence-corrected chi connectivity index (χ4v) is 2.36. The Balaban J connectivity index is 2.78. The lowest BCUT2D eigenvalue weighted by atomic mass is 10.2. The van der Waals surface area contributed by atoms with Gasteiger partial charge in [-0.2, -0.15) is 0 Å². The van der Waals surface area contributed by atoms with E-state index in [1.807, 2.05) is 0 Å². The van der Waals surface area contributed by atoms with E-state index < -0.39 is 4.92 Å². The molecule has 0 saturated heterocycles. The first-order valence-corrected chi connectivity index (χ1v) is 5.60. The molecule has 2 heterocycles. The van der Waals surface area contributed by atoms with E-state index in [1.165, 1.54) is 10.6 Å². The zero-order chi connectivity index (χ0) is 11.9. The quantitative estimate of drug-likeness (QED) is 0.578. The Morgan fingerprint density at radius 1 is 1.50 bits per heavy atom. The van der Waals surface area contributed by atoms with E-state index in [4.69, 9.17) is 0 Å². The number of halogens is 1. The van der Waals surface area contributed by atoms with Crippen molar-refractivity contribution in [1.82, 2.24) is 4.57 Å². The zero-order valence-electron chi connectivity index (χ0n) is 8.64. The molecule has 2 rings (SSSR count). The van der Waals surface area contributed by atoms with Crippen LogP contribution in [0, 0.1) is 10.1 Å². The summed E-state index contributed by atoms with van der Waals surface area (Å²) in [7, 11) is 1.76. The minimum absolute atomic E-state index is 0.0336. The van der Waals surface area contributed by atoms with Crippen LogP contribution in [-0.2, 0) is 6.54 Å². The first-order chi connectivity index (χ1) is 7.52. The third kappa shape index (κ3) is 1.60. The first-order valence-electron chi connectivity index (χ1n) is 4.81. The number of fused-ring (bicyclic) bond motifs is 1. The molecule has 1 aromatic rings. The van der Waals surface area contributed by atoms with Crippen molar-refractivity contribution in [2.24, 2.45) is 0 Å². The average molecular weight is 288 g/mol. The number of aromatic nitrogens is 1. The third-order valence-electron chi connectivity index (χ3n) is 2.63. The van der Waals surface area contributed by atoms with E-state index in [2.05, 4.69) is 15.9 Å². The van der Waals surface area contributed by atoms with Gasteiger partial charge in [-0.15, -0.1) is 0 Å². The predicted octanol–water partition coefficient (Wildman–Crippen LogP) is 1.36. The van der Waals surface area contributed by atoms with Crippen molar-refractivity contribution in [3.63, 3.8) is 0 Å². The number of pyridine rings is 1. The van der Waals surface area contributed by atoms with Gasteiger partial charge in [0.2, 0.25) is 0 Å². The van der Waals surface area contributed by atoms with Gasteiger partial charge in [-0.25, -0.2) is 0 Å². The van der Waals surface area contributed by atoms with Crippen molar-refractivity contribution in [3.8, 4) is 0 Å².